The lowest BCUT2D eigenvalue weighted by molar-refractivity contribution is 0.00666. The van der Waals surface area contributed by atoms with Crippen LogP contribution in [0.25, 0.3) is 0 Å². The third-order valence-corrected chi connectivity index (χ3v) is 3.92. The third kappa shape index (κ3) is 5.19. The molecular formula is C19H21Cl2NO4. The SMILES string of the molecule is COc1cc(NCc2cc(Cl)cc(Cl)c2O)ccc1C(=O)OC(C)(C)C. The highest BCUT2D eigenvalue weighted by Gasteiger charge is 2.21. The molecule has 2 rings (SSSR count). The molecule has 2 aromatic rings. The van der Waals surface area contributed by atoms with Crippen LogP contribution in [0.1, 0.15) is 36.7 Å². The predicted molar refractivity (Wildman–Crippen MR) is 104 cm³/mol. The lowest BCUT2D eigenvalue weighted by Gasteiger charge is -2.20. The van der Waals surface area contributed by atoms with Gasteiger partial charge in [0.1, 0.15) is 22.7 Å². The minimum atomic E-state index is -0.595. The highest BCUT2D eigenvalue weighted by molar-refractivity contribution is 6.35. The molecule has 0 saturated carbocycles. The normalized spacial score (nSPS) is 11.2. The molecule has 0 radical (unpaired) electrons. The van der Waals surface area contributed by atoms with Gasteiger partial charge in [-0.3, -0.25) is 0 Å². The average molecular weight is 398 g/mol. The largest absolute Gasteiger partial charge is 0.506 e. The van der Waals surface area contributed by atoms with Gasteiger partial charge in [0.15, 0.2) is 0 Å². The van der Waals surface area contributed by atoms with E-state index >= 15 is 0 Å². The summed E-state index contributed by atoms with van der Waals surface area (Å²) < 4.78 is 10.7. The number of halogens is 2. The van der Waals surface area contributed by atoms with Crippen molar-refractivity contribution in [1.82, 2.24) is 0 Å². The molecule has 0 fully saturated rings. The summed E-state index contributed by atoms with van der Waals surface area (Å²) in [6.45, 7) is 5.70. The first-order valence-corrected chi connectivity index (χ1v) is 8.68. The van der Waals surface area contributed by atoms with Gasteiger partial charge in [-0.05, 0) is 45.0 Å². The maximum absolute atomic E-state index is 12.3. The summed E-state index contributed by atoms with van der Waals surface area (Å²) in [7, 11) is 1.48. The quantitative estimate of drug-likeness (QED) is 0.672. The monoisotopic (exact) mass is 397 g/mol. The number of hydrogen-bond donors (Lipinski definition) is 2. The molecule has 0 saturated heterocycles. The van der Waals surface area contributed by atoms with Crippen LogP contribution < -0.4 is 10.1 Å². The fourth-order valence-electron chi connectivity index (χ4n) is 2.25. The molecule has 0 heterocycles. The molecule has 2 aromatic carbocycles. The maximum atomic E-state index is 12.3. The zero-order valence-corrected chi connectivity index (χ0v) is 16.5. The van der Waals surface area contributed by atoms with E-state index in [1.807, 2.05) is 0 Å². The summed E-state index contributed by atoms with van der Waals surface area (Å²) >= 11 is 11.9. The van der Waals surface area contributed by atoms with E-state index in [4.69, 9.17) is 32.7 Å². The molecule has 0 unspecified atom stereocenters. The number of phenolic OH excluding ortho intramolecular Hbond substituents is 1. The standard InChI is InChI=1S/C19H21Cl2NO4/c1-19(2,3)26-18(24)14-6-5-13(9-16(14)25-4)22-10-11-7-12(20)8-15(21)17(11)23/h5-9,22-23H,10H2,1-4H3. The van der Waals surface area contributed by atoms with E-state index in [1.54, 1.807) is 45.0 Å². The Hall–Kier alpha value is -2.11. The Morgan fingerprint density at radius 1 is 1.19 bits per heavy atom. The number of carbonyl (C=O) groups is 1. The summed E-state index contributed by atoms with van der Waals surface area (Å²) in [5.41, 5.74) is 0.992. The number of aromatic hydroxyl groups is 1. The predicted octanol–water partition coefficient (Wildman–Crippen LogP) is 5.28. The fraction of sp³-hybridized carbons (Fsp3) is 0.316. The third-order valence-electron chi connectivity index (χ3n) is 3.41. The van der Waals surface area contributed by atoms with Crippen molar-refractivity contribution in [1.29, 1.82) is 0 Å². The molecule has 0 spiro atoms. The minimum absolute atomic E-state index is 0.0269. The van der Waals surface area contributed by atoms with E-state index in [0.717, 1.165) is 0 Å². The fourth-order valence-corrected chi connectivity index (χ4v) is 2.79. The lowest BCUT2D eigenvalue weighted by atomic mass is 10.1. The van der Waals surface area contributed by atoms with E-state index in [0.29, 0.717) is 34.1 Å². The summed E-state index contributed by atoms with van der Waals surface area (Å²) in [4.78, 5) is 12.3. The number of hydrogen-bond acceptors (Lipinski definition) is 5. The molecule has 0 atom stereocenters. The number of ether oxygens (including phenoxy) is 2. The number of carbonyl (C=O) groups excluding carboxylic acids is 1. The van der Waals surface area contributed by atoms with Crippen LogP contribution in [0.5, 0.6) is 11.5 Å². The number of nitrogens with one attached hydrogen (secondary N) is 1. The van der Waals surface area contributed by atoms with E-state index in [1.165, 1.54) is 13.2 Å². The van der Waals surface area contributed by atoms with Crippen molar-refractivity contribution in [2.75, 3.05) is 12.4 Å². The second-order valence-corrected chi connectivity index (χ2v) is 7.51. The second kappa shape index (κ2) is 8.06. The first-order valence-electron chi connectivity index (χ1n) is 7.93. The number of methoxy groups -OCH3 is 1. The van der Waals surface area contributed by atoms with Gasteiger partial charge in [0, 0.05) is 28.9 Å². The molecule has 0 aromatic heterocycles. The zero-order chi connectivity index (χ0) is 19.5. The second-order valence-electron chi connectivity index (χ2n) is 6.67. The Morgan fingerprint density at radius 2 is 1.88 bits per heavy atom. The van der Waals surface area contributed by atoms with Gasteiger partial charge >= 0.3 is 5.97 Å². The molecule has 7 heteroatoms. The van der Waals surface area contributed by atoms with Gasteiger partial charge in [-0.15, -0.1) is 0 Å². The van der Waals surface area contributed by atoms with Crippen molar-refractivity contribution in [3.63, 3.8) is 0 Å². The van der Waals surface area contributed by atoms with Gasteiger partial charge < -0.3 is 19.9 Å². The van der Waals surface area contributed by atoms with Crippen LogP contribution in [0.4, 0.5) is 5.69 Å². The summed E-state index contributed by atoms with van der Waals surface area (Å²) in [5, 5.41) is 13.8. The number of phenols is 1. The van der Waals surface area contributed by atoms with Crippen molar-refractivity contribution < 1.29 is 19.4 Å². The summed E-state index contributed by atoms with van der Waals surface area (Å²) in [5.74, 6) is -0.0985. The van der Waals surface area contributed by atoms with Crippen molar-refractivity contribution in [3.8, 4) is 11.5 Å². The first kappa shape index (κ1) is 20.2. The average Bonchev–Trinajstić information content (AvgIpc) is 2.54. The molecule has 0 aliphatic carbocycles. The van der Waals surface area contributed by atoms with Gasteiger partial charge in [0.25, 0.3) is 0 Å². The Kier molecular flexibility index (Phi) is 6.26. The van der Waals surface area contributed by atoms with Gasteiger partial charge in [-0.25, -0.2) is 4.79 Å². The molecule has 5 nitrogen and oxygen atoms in total. The summed E-state index contributed by atoms with van der Waals surface area (Å²) in [6.07, 6.45) is 0. The van der Waals surface area contributed by atoms with E-state index in [2.05, 4.69) is 5.32 Å². The van der Waals surface area contributed by atoms with Crippen molar-refractivity contribution in [3.05, 3.63) is 51.5 Å². The Morgan fingerprint density at radius 3 is 2.50 bits per heavy atom. The number of benzene rings is 2. The molecule has 2 N–H and O–H groups in total. The molecule has 0 aliphatic rings. The highest BCUT2D eigenvalue weighted by atomic mass is 35.5. The van der Waals surface area contributed by atoms with Crippen molar-refractivity contribution >= 4 is 34.9 Å². The van der Waals surface area contributed by atoms with E-state index in [-0.39, 0.29) is 10.8 Å². The first-order chi connectivity index (χ1) is 12.1. The number of esters is 1. The molecule has 26 heavy (non-hydrogen) atoms. The molecule has 0 amide bonds. The minimum Gasteiger partial charge on any atom is -0.506 e. The lowest BCUT2D eigenvalue weighted by Crippen LogP contribution is -2.24. The zero-order valence-electron chi connectivity index (χ0n) is 15.0. The smallest absolute Gasteiger partial charge is 0.342 e. The van der Waals surface area contributed by atoms with Crippen LogP contribution in [-0.4, -0.2) is 23.8 Å². The van der Waals surface area contributed by atoms with Crippen LogP contribution in [0.2, 0.25) is 10.0 Å². The van der Waals surface area contributed by atoms with E-state index < -0.39 is 11.6 Å². The van der Waals surface area contributed by atoms with Crippen LogP contribution >= 0.6 is 23.2 Å². The van der Waals surface area contributed by atoms with Crippen LogP contribution in [0.3, 0.4) is 0 Å². The van der Waals surface area contributed by atoms with Gasteiger partial charge in [-0.1, -0.05) is 23.2 Å². The Balaban J connectivity index is 2.18. The summed E-state index contributed by atoms with van der Waals surface area (Å²) in [6, 6.07) is 8.14. The topological polar surface area (TPSA) is 67.8 Å². The Labute approximate surface area is 162 Å². The van der Waals surface area contributed by atoms with Crippen molar-refractivity contribution in [2.24, 2.45) is 0 Å². The molecule has 140 valence electrons. The van der Waals surface area contributed by atoms with E-state index in [9.17, 15) is 9.90 Å². The molecule has 0 bridgehead atoms. The van der Waals surface area contributed by atoms with Gasteiger partial charge in [0.2, 0.25) is 0 Å². The molecule has 0 aliphatic heterocycles. The number of anilines is 1. The van der Waals surface area contributed by atoms with Crippen LogP contribution in [0.15, 0.2) is 30.3 Å². The van der Waals surface area contributed by atoms with Gasteiger partial charge in [-0.2, -0.15) is 0 Å². The van der Waals surface area contributed by atoms with Crippen molar-refractivity contribution in [2.45, 2.75) is 32.9 Å². The van der Waals surface area contributed by atoms with Crippen LogP contribution in [-0.2, 0) is 11.3 Å². The highest BCUT2D eigenvalue weighted by Crippen LogP contribution is 2.32. The molecular weight excluding hydrogens is 377 g/mol. The Bertz CT molecular complexity index is 816. The van der Waals surface area contributed by atoms with Crippen LogP contribution in [0, 0.1) is 0 Å². The number of rotatable bonds is 5. The maximum Gasteiger partial charge on any atom is 0.342 e. The van der Waals surface area contributed by atoms with Gasteiger partial charge in [0.05, 0.1) is 12.1 Å².